The van der Waals surface area contributed by atoms with Gasteiger partial charge in [0.1, 0.15) is 0 Å². The Hall–Kier alpha value is -0.330. The molecule has 0 bridgehead atoms. The van der Waals surface area contributed by atoms with Crippen molar-refractivity contribution in [1.29, 1.82) is 0 Å². The van der Waals surface area contributed by atoms with E-state index in [4.69, 9.17) is 0 Å². The molecule has 3 nitrogen and oxygen atoms in total. The Kier molecular flexibility index (Phi) is 6.38. The van der Waals surface area contributed by atoms with Gasteiger partial charge in [-0.3, -0.25) is 9.80 Å². The van der Waals surface area contributed by atoms with Gasteiger partial charge < -0.3 is 5.32 Å². The van der Waals surface area contributed by atoms with Crippen LogP contribution in [-0.2, 0) is 0 Å². The van der Waals surface area contributed by atoms with Crippen LogP contribution >= 0.6 is 0 Å². The first kappa shape index (κ1) is 15.7. The molecule has 0 spiro atoms. The smallest absolute Gasteiger partial charge is 0.313 e. The molecule has 0 aromatic carbocycles. The van der Waals surface area contributed by atoms with Gasteiger partial charge in [-0.1, -0.05) is 6.92 Å². The van der Waals surface area contributed by atoms with Gasteiger partial charge >= 0.3 is 6.18 Å². The van der Waals surface area contributed by atoms with E-state index in [-0.39, 0.29) is 0 Å². The average Bonchev–Trinajstić information content (AvgIpc) is 2.29. The van der Waals surface area contributed by atoms with Crippen molar-refractivity contribution in [1.82, 2.24) is 15.1 Å². The highest BCUT2D eigenvalue weighted by atomic mass is 19.4. The second-order valence-electron chi connectivity index (χ2n) is 5.00. The predicted octanol–water partition coefficient (Wildman–Crippen LogP) is 1.55. The summed E-state index contributed by atoms with van der Waals surface area (Å²) in [5.74, 6) is 0. The van der Waals surface area contributed by atoms with Crippen LogP contribution in [0.2, 0.25) is 0 Å². The van der Waals surface area contributed by atoms with Crippen LogP contribution < -0.4 is 5.32 Å². The Bertz CT molecular complexity index is 225. The van der Waals surface area contributed by atoms with Crippen molar-refractivity contribution in [2.24, 2.45) is 0 Å². The maximum atomic E-state index is 12.2. The number of rotatable bonds is 6. The second-order valence-corrected chi connectivity index (χ2v) is 5.00. The summed E-state index contributed by atoms with van der Waals surface area (Å²) in [6, 6.07) is 0.511. The van der Waals surface area contributed by atoms with Gasteiger partial charge in [-0.05, 0) is 13.3 Å². The standard InChI is InChI=1S/C12H24F3N3/c1-3-11(2)16-4-5-17-6-8-18(9-7-17)10-12(13,14)15/h11,16H,3-10H2,1-2H3. The molecule has 1 fully saturated rings. The Balaban J connectivity index is 2.12. The Morgan fingerprint density at radius 1 is 1.11 bits per heavy atom. The molecule has 1 unspecified atom stereocenters. The third-order valence-corrected chi connectivity index (χ3v) is 3.40. The van der Waals surface area contributed by atoms with Crippen LogP contribution in [-0.4, -0.2) is 67.8 Å². The van der Waals surface area contributed by atoms with E-state index in [0.29, 0.717) is 19.1 Å². The normalized spacial score (nSPS) is 21.2. The number of hydrogen-bond donors (Lipinski definition) is 1. The average molecular weight is 267 g/mol. The summed E-state index contributed by atoms with van der Waals surface area (Å²) in [4.78, 5) is 3.71. The molecule has 0 aromatic rings. The molecular formula is C12H24F3N3. The second kappa shape index (κ2) is 7.31. The van der Waals surface area contributed by atoms with Crippen LogP contribution in [0.4, 0.5) is 13.2 Å². The first-order chi connectivity index (χ1) is 8.40. The van der Waals surface area contributed by atoms with Gasteiger partial charge in [-0.25, -0.2) is 0 Å². The summed E-state index contributed by atoms with van der Waals surface area (Å²) in [5, 5.41) is 3.39. The summed E-state index contributed by atoms with van der Waals surface area (Å²) in [7, 11) is 0. The van der Waals surface area contributed by atoms with Gasteiger partial charge in [0.15, 0.2) is 0 Å². The van der Waals surface area contributed by atoms with Gasteiger partial charge in [-0.2, -0.15) is 13.2 Å². The van der Waals surface area contributed by atoms with E-state index in [1.807, 2.05) is 0 Å². The fourth-order valence-corrected chi connectivity index (χ4v) is 2.04. The summed E-state index contributed by atoms with van der Waals surface area (Å²) < 4.78 is 36.6. The van der Waals surface area contributed by atoms with Crippen molar-refractivity contribution >= 4 is 0 Å². The molecular weight excluding hydrogens is 243 g/mol. The van der Waals surface area contributed by atoms with E-state index in [9.17, 15) is 13.2 Å². The van der Waals surface area contributed by atoms with Gasteiger partial charge in [0.25, 0.3) is 0 Å². The molecule has 0 amide bonds. The highest BCUT2D eigenvalue weighted by molar-refractivity contribution is 4.74. The third kappa shape index (κ3) is 6.56. The molecule has 0 saturated carbocycles. The fraction of sp³-hybridized carbons (Fsp3) is 1.00. The fourth-order valence-electron chi connectivity index (χ4n) is 2.04. The molecule has 6 heteroatoms. The largest absolute Gasteiger partial charge is 0.401 e. The zero-order valence-corrected chi connectivity index (χ0v) is 11.3. The van der Waals surface area contributed by atoms with Crippen LogP contribution in [0.5, 0.6) is 0 Å². The Morgan fingerprint density at radius 3 is 2.17 bits per heavy atom. The maximum Gasteiger partial charge on any atom is 0.401 e. The lowest BCUT2D eigenvalue weighted by molar-refractivity contribution is -0.149. The quantitative estimate of drug-likeness (QED) is 0.788. The lowest BCUT2D eigenvalue weighted by Crippen LogP contribution is -2.50. The van der Waals surface area contributed by atoms with Gasteiger partial charge in [0.05, 0.1) is 6.54 Å². The van der Waals surface area contributed by atoms with E-state index < -0.39 is 12.7 Å². The minimum absolute atomic E-state index is 0.511. The van der Waals surface area contributed by atoms with Crippen LogP contribution in [0.1, 0.15) is 20.3 Å². The zero-order valence-electron chi connectivity index (χ0n) is 11.3. The molecule has 1 aliphatic heterocycles. The summed E-state index contributed by atoms with van der Waals surface area (Å²) in [6.45, 7) is 7.83. The highest BCUT2D eigenvalue weighted by Gasteiger charge is 2.31. The molecule has 1 aliphatic rings. The van der Waals surface area contributed by atoms with Crippen LogP contribution in [0.15, 0.2) is 0 Å². The number of nitrogens with one attached hydrogen (secondary N) is 1. The van der Waals surface area contributed by atoms with Crippen molar-refractivity contribution in [3.05, 3.63) is 0 Å². The van der Waals surface area contributed by atoms with Crippen LogP contribution in [0.3, 0.4) is 0 Å². The summed E-state index contributed by atoms with van der Waals surface area (Å²) >= 11 is 0. The van der Waals surface area contributed by atoms with Gasteiger partial charge in [0, 0.05) is 45.3 Å². The lowest BCUT2D eigenvalue weighted by Gasteiger charge is -2.35. The van der Waals surface area contributed by atoms with E-state index >= 15 is 0 Å². The first-order valence-electron chi connectivity index (χ1n) is 6.65. The van der Waals surface area contributed by atoms with Gasteiger partial charge in [-0.15, -0.1) is 0 Å². The van der Waals surface area contributed by atoms with E-state index in [1.165, 1.54) is 4.90 Å². The molecule has 1 atom stereocenters. The molecule has 108 valence electrons. The molecule has 1 rings (SSSR count). The SMILES string of the molecule is CCC(C)NCCN1CCN(CC(F)(F)F)CC1. The zero-order chi connectivity index (χ0) is 13.6. The molecule has 0 radical (unpaired) electrons. The van der Waals surface area contributed by atoms with E-state index in [2.05, 4.69) is 24.1 Å². The van der Waals surface area contributed by atoms with Crippen molar-refractivity contribution in [2.75, 3.05) is 45.8 Å². The molecule has 1 heterocycles. The minimum Gasteiger partial charge on any atom is -0.313 e. The highest BCUT2D eigenvalue weighted by Crippen LogP contribution is 2.17. The van der Waals surface area contributed by atoms with Gasteiger partial charge in [0.2, 0.25) is 0 Å². The maximum absolute atomic E-state index is 12.2. The predicted molar refractivity (Wildman–Crippen MR) is 66.7 cm³/mol. The number of piperazine rings is 1. The van der Waals surface area contributed by atoms with Crippen LogP contribution in [0, 0.1) is 0 Å². The van der Waals surface area contributed by atoms with E-state index in [1.54, 1.807) is 0 Å². The molecule has 1 N–H and O–H groups in total. The molecule has 0 aliphatic carbocycles. The molecule has 18 heavy (non-hydrogen) atoms. The Morgan fingerprint density at radius 2 is 1.67 bits per heavy atom. The third-order valence-electron chi connectivity index (χ3n) is 3.40. The van der Waals surface area contributed by atoms with Crippen molar-refractivity contribution < 1.29 is 13.2 Å². The van der Waals surface area contributed by atoms with Crippen molar-refractivity contribution in [3.63, 3.8) is 0 Å². The number of alkyl halides is 3. The number of halogens is 3. The minimum atomic E-state index is -4.07. The van der Waals surface area contributed by atoms with Crippen LogP contribution in [0.25, 0.3) is 0 Å². The van der Waals surface area contributed by atoms with Crippen molar-refractivity contribution in [3.8, 4) is 0 Å². The van der Waals surface area contributed by atoms with E-state index in [0.717, 1.165) is 32.6 Å². The van der Waals surface area contributed by atoms with Crippen molar-refractivity contribution in [2.45, 2.75) is 32.5 Å². The monoisotopic (exact) mass is 267 g/mol. The molecule has 1 saturated heterocycles. The summed E-state index contributed by atoms with van der Waals surface area (Å²) in [6.07, 6.45) is -2.97. The molecule has 0 aromatic heterocycles. The number of nitrogens with zero attached hydrogens (tertiary/aromatic N) is 2. The Labute approximate surface area is 107 Å². The topological polar surface area (TPSA) is 18.5 Å². The lowest BCUT2D eigenvalue weighted by atomic mass is 10.2. The number of hydrogen-bond acceptors (Lipinski definition) is 3. The first-order valence-corrected chi connectivity index (χ1v) is 6.65. The summed E-state index contributed by atoms with van der Waals surface area (Å²) in [5.41, 5.74) is 0.